The summed E-state index contributed by atoms with van der Waals surface area (Å²) in [4.78, 5) is 0. The van der Waals surface area contributed by atoms with E-state index in [2.05, 4.69) is 0 Å². The van der Waals surface area contributed by atoms with E-state index in [-0.39, 0.29) is 52.7 Å². The Labute approximate surface area is 73.4 Å². The van der Waals surface area contributed by atoms with Crippen molar-refractivity contribution in [1.29, 1.82) is 0 Å². The van der Waals surface area contributed by atoms with Crippen molar-refractivity contribution in [1.82, 2.24) is 0 Å². The van der Waals surface area contributed by atoms with Crippen LogP contribution in [0.25, 0.3) is 0 Å². The van der Waals surface area contributed by atoms with Gasteiger partial charge in [-0.2, -0.15) is 0 Å². The molecule has 0 heterocycles. The zero-order valence-corrected chi connectivity index (χ0v) is 6.96. The van der Waals surface area contributed by atoms with Crippen LogP contribution in [0, 0.1) is 41.7 Å². The molecule has 0 atom stereocenters. The number of hydrogen-bond acceptors (Lipinski definition) is 1. The third-order valence-electron chi connectivity index (χ3n) is 0. The fourth-order valence-corrected chi connectivity index (χ4v) is 0. The van der Waals surface area contributed by atoms with Gasteiger partial charge in [0.2, 0.25) is 0 Å². The molecule has 5 heteroatoms. The molecule has 0 bridgehead atoms. The van der Waals surface area contributed by atoms with Crippen molar-refractivity contribution in [2.45, 2.75) is 0 Å². The summed E-state index contributed by atoms with van der Waals surface area (Å²) in [6, 6.07) is 0. The van der Waals surface area contributed by atoms with E-state index in [0.29, 0.717) is 0 Å². The fraction of sp³-hybridized carbons (Fsp3) is 0. The molecular formula is CeO3Ru. The van der Waals surface area contributed by atoms with Gasteiger partial charge in [-0.05, 0) is 0 Å². The van der Waals surface area contributed by atoms with Gasteiger partial charge in [0.05, 0.1) is 0 Å². The van der Waals surface area contributed by atoms with Crippen LogP contribution in [-0.4, -0.2) is 0 Å². The molecule has 0 aromatic carbocycles. The molecule has 0 unspecified atom stereocenters. The Morgan fingerprint density at radius 1 is 1.00 bits per heavy atom. The normalized spacial score (nSPS) is 0.800. The molecule has 5 heavy (non-hydrogen) atoms. The second-order valence-corrected chi connectivity index (χ2v) is 0. The van der Waals surface area contributed by atoms with E-state index in [9.17, 15) is 0 Å². The molecule has 0 aliphatic rings. The van der Waals surface area contributed by atoms with Crippen LogP contribution >= 0.6 is 0 Å². The van der Waals surface area contributed by atoms with Gasteiger partial charge in [-0.1, -0.05) is 0 Å². The van der Waals surface area contributed by atoms with Crippen LogP contribution < -0.4 is 0 Å². The second-order valence-electron chi connectivity index (χ2n) is 0. The first kappa shape index (κ1) is 29.7. The average Bonchev–Trinajstić information content (AvgIpc) is 1.00. The molecule has 0 spiro atoms. The van der Waals surface area contributed by atoms with Crippen LogP contribution in [0.1, 0.15) is 0 Å². The molecule has 0 N–H and O–H groups in total. The van der Waals surface area contributed by atoms with E-state index in [1.165, 1.54) is 0 Å². The van der Waals surface area contributed by atoms with Crippen molar-refractivity contribution in [2.75, 3.05) is 0 Å². The Morgan fingerprint density at radius 3 is 1.00 bits per heavy atom. The summed E-state index contributed by atoms with van der Waals surface area (Å²) < 4.78 is 8.18. The predicted molar refractivity (Wildman–Crippen MR) is 2.06 cm³/mol. The van der Waals surface area contributed by atoms with Crippen molar-refractivity contribution in [3.05, 3.63) is 0 Å². The molecular weight excluding hydrogens is 289 g/mol. The molecule has 0 rings (SSSR count). The Bertz CT molecular complexity index is 6.85. The summed E-state index contributed by atoms with van der Waals surface area (Å²) in [5.41, 5.74) is 0. The van der Waals surface area contributed by atoms with Gasteiger partial charge in [0.15, 0.2) is 0 Å². The molecule has 0 aliphatic carbocycles. The Morgan fingerprint density at radius 2 is 1.00 bits per heavy atom. The average molecular weight is 289 g/mol. The van der Waals surface area contributed by atoms with Crippen molar-refractivity contribution >= 4 is 0 Å². The van der Waals surface area contributed by atoms with Crippen LogP contribution in [-0.2, 0) is 32.8 Å². The molecule has 0 amide bonds. The summed E-state index contributed by atoms with van der Waals surface area (Å²) in [6.45, 7) is 0. The predicted octanol–water partition coefficient (Wildman–Crippen LogP) is -0.359. The van der Waals surface area contributed by atoms with E-state index >= 15 is 0 Å². The van der Waals surface area contributed by atoms with E-state index in [1.807, 2.05) is 0 Å². The summed E-state index contributed by atoms with van der Waals surface area (Å²) in [6.07, 6.45) is 0. The maximum atomic E-state index is 8.18. The monoisotopic (exact) mass is 290 g/mol. The SMILES string of the molecule is [Ce+3].[O-2].[O-2].[O]=[Ru+]. The van der Waals surface area contributed by atoms with Gasteiger partial charge in [-0.3, -0.25) is 0 Å². The molecule has 0 aromatic rings. The van der Waals surface area contributed by atoms with Crippen LogP contribution in [0.2, 0.25) is 0 Å². The van der Waals surface area contributed by atoms with E-state index in [4.69, 9.17) is 3.57 Å². The van der Waals surface area contributed by atoms with E-state index in [0.717, 1.165) is 18.3 Å². The zero-order valence-electron chi connectivity index (χ0n) is 2.08. The number of rotatable bonds is 0. The first-order valence-electron chi connectivity index (χ1n) is 0.144. The third kappa shape index (κ3) is 26.8. The quantitative estimate of drug-likeness (QED) is 0.561. The Hall–Kier alpha value is 1.72. The van der Waals surface area contributed by atoms with Gasteiger partial charge in [-0.25, -0.2) is 0 Å². The molecule has 0 fully saturated rings. The number of hydrogen-bond donors (Lipinski definition) is 0. The van der Waals surface area contributed by atoms with Crippen molar-refractivity contribution in [2.24, 2.45) is 0 Å². The molecule has 3 nitrogen and oxygen atoms in total. The second kappa shape index (κ2) is 43.1. The summed E-state index contributed by atoms with van der Waals surface area (Å²) >= 11 is 1.10. The zero-order chi connectivity index (χ0) is 2.00. The Balaban J connectivity index is -0.00000000167. The molecule has 0 aromatic heterocycles. The maximum absolute atomic E-state index is 8.18. The van der Waals surface area contributed by atoms with E-state index < -0.39 is 0 Å². The van der Waals surface area contributed by atoms with Crippen molar-refractivity contribution < 1.29 is 74.5 Å². The molecule has 0 saturated carbocycles. The standard InChI is InChI=1S/Ce.3O.Ru/q+3;;2*-2;+1. The van der Waals surface area contributed by atoms with Gasteiger partial charge in [0, 0.05) is 0 Å². The molecule has 0 aliphatic heterocycles. The topological polar surface area (TPSA) is 74.1 Å². The molecule has 1 radical (unpaired) electrons. The Kier molecular flexibility index (Phi) is 256. The van der Waals surface area contributed by atoms with Gasteiger partial charge in [0.1, 0.15) is 0 Å². The van der Waals surface area contributed by atoms with Crippen LogP contribution in [0.5, 0.6) is 0 Å². The minimum atomic E-state index is 0. The van der Waals surface area contributed by atoms with Gasteiger partial charge in [-0.15, -0.1) is 0 Å². The van der Waals surface area contributed by atoms with Crippen LogP contribution in [0.3, 0.4) is 0 Å². The summed E-state index contributed by atoms with van der Waals surface area (Å²) in [7, 11) is 0. The summed E-state index contributed by atoms with van der Waals surface area (Å²) in [5, 5.41) is 0. The van der Waals surface area contributed by atoms with Gasteiger partial charge >= 0.3 is 63.6 Å². The van der Waals surface area contributed by atoms with Crippen molar-refractivity contribution in [3.8, 4) is 0 Å². The first-order valence-corrected chi connectivity index (χ1v) is 0.854. The van der Waals surface area contributed by atoms with Crippen LogP contribution in [0.15, 0.2) is 0 Å². The molecule has 30 valence electrons. The minimum absolute atomic E-state index is 0. The summed E-state index contributed by atoms with van der Waals surface area (Å²) in [5.74, 6) is 0. The molecule has 0 saturated heterocycles. The first-order chi connectivity index (χ1) is 1.00. The van der Waals surface area contributed by atoms with E-state index in [1.54, 1.807) is 0 Å². The fourth-order valence-electron chi connectivity index (χ4n) is 0. The van der Waals surface area contributed by atoms with Gasteiger partial charge < -0.3 is 11.0 Å². The van der Waals surface area contributed by atoms with Crippen LogP contribution in [0.4, 0.5) is 0 Å². The van der Waals surface area contributed by atoms with Gasteiger partial charge in [0.25, 0.3) is 0 Å². The van der Waals surface area contributed by atoms with Crippen molar-refractivity contribution in [3.63, 3.8) is 0 Å². The third-order valence-corrected chi connectivity index (χ3v) is 0.